The van der Waals surface area contributed by atoms with Crippen molar-refractivity contribution in [1.29, 1.82) is 0 Å². The Bertz CT molecular complexity index is 1630. The number of benzene rings is 4. The molecule has 2 aliphatic carbocycles. The molecule has 2 aliphatic rings. The Hall–Kier alpha value is -3.32. The van der Waals surface area contributed by atoms with Gasteiger partial charge in [-0.05, 0) is 121 Å². The molecule has 1 nitrogen and oxygen atoms in total. The molecule has 0 atom stereocenters. The zero-order valence-corrected chi connectivity index (χ0v) is 31.4. The third-order valence-electron chi connectivity index (χ3n) is 12.0. The summed E-state index contributed by atoms with van der Waals surface area (Å²) in [7, 11) is 2.26. The number of rotatable bonds is 20. The molecule has 260 valence electrons. The molecule has 0 fully saturated rings. The average Bonchev–Trinajstić information content (AvgIpc) is 3.37. The van der Waals surface area contributed by atoms with Crippen molar-refractivity contribution in [3.63, 3.8) is 0 Å². The first-order chi connectivity index (χ1) is 24.0. The van der Waals surface area contributed by atoms with Crippen LogP contribution in [0.15, 0.2) is 78.9 Å². The molecule has 1 heteroatoms. The van der Waals surface area contributed by atoms with E-state index in [0.29, 0.717) is 0 Å². The zero-order chi connectivity index (χ0) is 34.1. The largest absolute Gasteiger partial charge is 0.345 e. The molecular weight excluding hydrogens is 591 g/mol. The van der Waals surface area contributed by atoms with Crippen LogP contribution in [0.2, 0.25) is 0 Å². The Balaban J connectivity index is 1.20. The molecule has 0 aromatic heterocycles. The van der Waals surface area contributed by atoms with Crippen LogP contribution >= 0.6 is 0 Å². The minimum Gasteiger partial charge on any atom is -0.345 e. The fourth-order valence-electron chi connectivity index (χ4n) is 8.82. The molecule has 0 radical (unpaired) electrons. The van der Waals surface area contributed by atoms with Crippen molar-refractivity contribution in [2.75, 3.05) is 11.9 Å². The SMILES string of the molecule is CCCCCCCCC1(CCCCCCCC)c2cc(C)ccc2-c2ccc(N(C)c3ccc(CCCc4ccc5c(c4)CC5)cc3)cc21. The van der Waals surface area contributed by atoms with Gasteiger partial charge in [-0.3, -0.25) is 0 Å². The van der Waals surface area contributed by atoms with Crippen LogP contribution in [0.5, 0.6) is 0 Å². The minimum absolute atomic E-state index is 0.118. The van der Waals surface area contributed by atoms with Crippen LogP contribution in [0.4, 0.5) is 11.4 Å². The van der Waals surface area contributed by atoms with Crippen molar-refractivity contribution >= 4 is 11.4 Å². The smallest absolute Gasteiger partial charge is 0.0411 e. The van der Waals surface area contributed by atoms with Gasteiger partial charge in [0.2, 0.25) is 0 Å². The van der Waals surface area contributed by atoms with Gasteiger partial charge in [0.05, 0.1) is 0 Å². The van der Waals surface area contributed by atoms with Gasteiger partial charge in [-0.1, -0.05) is 151 Å². The number of fused-ring (bicyclic) bond motifs is 4. The van der Waals surface area contributed by atoms with E-state index in [1.165, 1.54) is 155 Å². The number of unbranched alkanes of at least 4 members (excludes halogenated alkanes) is 10. The summed E-state index contributed by atoms with van der Waals surface area (Å²) in [6.07, 6.45) is 24.8. The lowest BCUT2D eigenvalue weighted by Crippen LogP contribution is -2.26. The highest BCUT2D eigenvalue weighted by Gasteiger charge is 2.42. The van der Waals surface area contributed by atoms with E-state index >= 15 is 0 Å². The summed E-state index contributed by atoms with van der Waals surface area (Å²) >= 11 is 0. The maximum absolute atomic E-state index is 2.58. The van der Waals surface area contributed by atoms with Crippen LogP contribution < -0.4 is 4.90 Å². The first-order valence-electron chi connectivity index (χ1n) is 20.2. The molecule has 0 aliphatic heterocycles. The first kappa shape index (κ1) is 35.5. The van der Waals surface area contributed by atoms with E-state index < -0.39 is 0 Å². The average molecular weight is 654 g/mol. The normalized spacial score (nSPS) is 13.9. The molecule has 0 N–H and O–H groups in total. The van der Waals surface area contributed by atoms with E-state index in [1.54, 1.807) is 22.3 Å². The molecular formula is C48H63N. The van der Waals surface area contributed by atoms with E-state index in [0.717, 1.165) is 6.42 Å². The van der Waals surface area contributed by atoms with Crippen LogP contribution in [0, 0.1) is 6.92 Å². The highest BCUT2D eigenvalue weighted by molar-refractivity contribution is 5.84. The lowest BCUT2D eigenvalue weighted by atomic mass is 9.70. The van der Waals surface area contributed by atoms with E-state index in [-0.39, 0.29) is 5.41 Å². The van der Waals surface area contributed by atoms with Crippen molar-refractivity contribution in [3.8, 4) is 11.1 Å². The maximum atomic E-state index is 2.58. The lowest BCUT2D eigenvalue weighted by Gasteiger charge is -2.34. The molecule has 0 unspecified atom stereocenters. The second-order valence-electron chi connectivity index (χ2n) is 15.6. The molecule has 0 amide bonds. The first-order valence-corrected chi connectivity index (χ1v) is 20.2. The molecule has 0 saturated heterocycles. The predicted molar refractivity (Wildman–Crippen MR) is 214 cm³/mol. The van der Waals surface area contributed by atoms with Gasteiger partial charge in [0.15, 0.2) is 0 Å². The Morgan fingerprint density at radius 1 is 0.510 bits per heavy atom. The van der Waals surface area contributed by atoms with Crippen molar-refractivity contribution in [1.82, 2.24) is 0 Å². The van der Waals surface area contributed by atoms with Crippen LogP contribution in [0.25, 0.3) is 11.1 Å². The monoisotopic (exact) mass is 653 g/mol. The molecule has 4 aromatic carbocycles. The molecule has 6 rings (SSSR count). The molecule has 0 bridgehead atoms. The summed E-state index contributed by atoms with van der Waals surface area (Å²) in [6.45, 7) is 6.94. The van der Waals surface area contributed by atoms with Crippen molar-refractivity contribution in [3.05, 3.63) is 118 Å². The number of hydrogen-bond donors (Lipinski definition) is 0. The summed E-state index contributed by atoms with van der Waals surface area (Å²) in [5.41, 5.74) is 16.4. The Kier molecular flexibility index (Phi) is 12.4. The summed E-state index contributed by atoms with van der Waals surface area (Å²) in [6, 6.07) is 31.3. The summed E-state index contributed by atoms with van der Waals surface area (Å²) < 4.78 is 0. The minimum atomic E-state index is 0.118. The standard InChI is InChI=1S/C48H63N/c1-5-7-9-11-13-15-32-48(33-16-14-12-10-8-6-2)46-34-37(3)20-30-44(46)45-31-29-43(36-47(45)48)49(4)42-27-22-38(23-28-42)18-17-19-39-21-24-40-25-26-41(40)35-39/h20-24,27-31,34-36H,5-19,25-26,32-33H2,1-4H3. The van der Waals surface area contributed by atoms with Gasteiger partial charge in [-0.25, -0.2) is 0 Å². The summed E-state index contributed by atoms with van der Waals surface area (Å²) in [5.74, 6) is 0. The number of anilines is 2. The molecule has 49 heavy (non-hydrogen) atoms. The Morgan fingerprint density at radius 3 is 1.69 bits per heavy atom. The van der Waals surface area contributed by atoms with Crippen LogP contribution in [-0.2, 0) is 31.1 Å². The lowest BCUT2D eigenvalue weighted by molar-refractivity contribution is 0.397. The van der Waals surface area contributed by atoms with Gasteiger partial charge in [0.25, 0.3) is 0 Å². The second-order valence-corrected chi connectivity index (χ2v) is 15.6. The fourth-order valence-corrected chi connectivity index (χ4v) is 8.82. The van der Waals surface area contributed by atoms with E-state index in [2.05, 4.69) is 112 Å². The third kappa shape index (κ3) is 8.36. The maximum Gasteiger partial charge on any atom is 0.0411 e. The fraction of sp³-hybridized carbons (Fsp3) is 0.500. The Morgan fingerprint density at radius 2 is 1.06 bits per heavy atom. The van der Waals surface area contributed by atoms with E-state index in [9.17, 15) is 0 Å². The van der Waals surface area contributed by atoms with Crippen molar-refractivity contribution < 1.29 is 0 Å². The summed E-state index contributed by atoms with van der Waals surface area (Å²) in [5, 5.41) is 0. The van der Waals surface area contributed by atoms with Crippen LogP contribution in [0.1, 0.15) is 149 Å². The van der Waals surface area contributed by atoms with Crippen molar-refractivity contribution in [2.24, 2.45) is 0 Å². The van der Waals surface area contributed by atoms with Gasteiger partial charge in [0.1, 0.15) is 0 Å². The molecule has 0 saturated carbocycles. The topological polar surface area (TPSA) is 3.24 Å². The molecule has 0 heterocycles. The van der Waals surface area contributed by atoms with E-state index in [4.69, 9.17) is 0 Å². The third-order valence-corrected chi connectivity index (χ3v) is 12.0. The van der Waals surface area contributed by atoms with E-state index in [1.807, 2.05) is 0 Å². The highest BCUT2D eigenvalue weighted by atomic mass is 15.1. The second kappa shape index (κ2) is 17.1. The Labute approximate surface area is 299 Å². The van der Waals surface area contributed by atoms with Gasteiger partial charge < -0.3 is 4.90 Å². The zero-order valence-electron chi connectivity index (χ0n) is 31.4. The molecule has 0 spiro atoms. The predicted octanol–water partition coefficient (Wildman–Crippen LogP) is 13.8. The van der Waals surface area contributed by atoms with Gasteiger partial charge in [-0.2, -0.15) is 0 Å². The number of nitrogens with zero attached hydrogens (tertiary/aromatic N) is 1. The van der Waals surface area contributed by atoms with Gasteiger partial charge in [-0.15, -0.1) is 0 Å². The highest BCUT2D eigenvalue weighted by Crippen LogP contribution is 2.55. The number of hydrogen-bond acceptors (Lipinski definition) is 1. The van der Waals surface area contributed by atoms with Gasteiger partial charge >= 0.3 is 0 Å². The number of aryl methyl sites for hydroxylation is 5. The summed E-state index contributed by atoms with van der Waals surface area (Å²) in [4.78, 5) is 2.42. The molecule has 4 aromatic rings. The quantitative estimate of drug-likeness (QED) is 0.0858. The van der Waals surface area contributed by atoms with Crippen LogP contribution in [-0.4, -0.2) is 7.05 Å². The van der Waals surface area contributed by atoms with Crippen LogP contribution in [0.3, 0.4) is 0 Å². The van der Waals surface area contributed by atoms with Gasteiger partial charge in [0, 0.05) is 23.8 Å². The van der Waals surface area contributed by atoms with Crippen molar-refractivity contribution in [2.45, 2.75) is 148 Å².